The summed E-state index contributed by atoms with van der Waals surface area (Å²) >= 11 is 0. The number of para-hydroxylation sites is 2. The molecule has 0 unspecified atom stereocenters. The van der Waals surface area contributed by atoms with Gasteiger partial charge in [0.25, 0.3) is 5.91 Å². The van der Waals surface area contributed by atoms with E-state index >= 15 is 0 Å². The number of hydrogen-bond acceptors (Lipinski definition) is 4. The van der Waals surface area contributed by atoms with E-state index in [4.69, 9.17) is 4.74 Å². The van der Waals surface area contributed by atoms with Crippen LogP contribution in [0.15, 0.2) is 54.1 Å². The first-order chi connectivity index (χ1) is 13.2. The van der Waals surface area contributed by atoms with Crippen molar-refractivity contribution in [2.45, 2.75) is 6.18 Å². The number of nitrogens with zero attached hydrogens (tertiary/aromatic N) is 1. The van der Waals surface area contributed by atoms with Crippen LogP contribution < -0.4 is 15.4 Å². The number of nitriles is 1. The van der Waals surface area contributed by atoms with Crippen LogP contribution in [0.3, 0.4) is 0 Å². The third-order valence-electron chi connectivity index (χ3n) is 3.43. The zero-order valence-corrected chi connectivity index (χ0v) is 14.5. The number of nitrogens with one attached hydrogen (secondary N) is 2. The maximum absolute atomic E-state index is 12.3. The number of halogens is 3. The molecule has 28 heavy (non-hydrogen) atoms. The lowest BCUT2D eigenvalue weighted by Gasteiger charge is -2.10. The molecule has 0 heterocycles. The first-order valence-electron chi connectivity index (χ1n) is 7.79. The van der Waals surface area contributed by atoms with Crippen LogP contribution in [-0.4, -0.2) is 25.1 Å². The Balaban J connectivity index is 2.22. The smallest absolute Gasteiger partial charge is 0.471 e. The predicted octanol–water partition coefficient (Wildman–Crippen LogP) is 3.74. The summed E-state index contributed by atoms with van der Waals surface area (Å²) in [7, 11) is 1.42. The van der Waals surface area contributed by atoms with Gasteiger partial charge in [-0.15, -0.1) is 0 Å². The van der Waals surface area contributed by atoms with E-state index < -0.39 is 18.0 Å². The van der Waals surface area contributed by atoms with Crippen molar-refractivity contribution in [1.82, 2.24) is 0 Å². The third-order valence-corrected chi connectivity index (χ3v) is 3.43. The fourth-order valence-corrected chi connectivity index (χ4v) is 2.16. The number of hydrogen-bond donors (Lipinski definition) is 2. The van der Waals surface area contributed by atoms with E-state index in [9.17, 15) is 28.0 Å². The molecule has 2 N–H and O–H groups in total. The Bertz CT molecular complexity index is 963. The highest BCUT2D eigenvalue weighted by Crippen LogP contribution is 2.24. The SMILES string of the molecule is COc1ccccc1NC(=O)/C(C#N)=C/c1cccc(NC(=O)C(F)(F)F)c1. The standard InChI is InChI=1S/C19H14F3N3O3/c1-28-16-8-3-2-7-15(16)25-17(26)13(11-23)9-12-5-4-6-14(10-12)24-18(27)19(20,21)22/h2-10H,1H3,(H,24,27)(H,25,26)/b13-9+. The van der Waals surface area contributed by atoms with Gasteiger partial charge in [0.1, 0.15) is 17.4 Å². The van der Waals surface area contributed by atoms with Crippen molar-refractivity contribution in [1.29, 1.82) is 5.26 Å². The first kappa shape index (κ1) is 20.5. The Hall–Kier alpha value is -3.80. The summed E-state index contributed by atoms with van der Waals surface area (Å²) in [6, 6.07) is 13.6. The number of rotatable bonds is 5. The highest BCUT2D eigenvalue weighted by Gasteiger charge is 2.38. The van der Waals surface area contributed by atoms with E-state index in [2.05, 4.69) is 5.32 Å². The fourth-order valence-electron chi connectivity index (χ4n) is 2.16. The van der Waals surface area contributed by atoms with Crippen LogP contribution in [0.25, 0.3) is 6.08 Å². The molecule has 0 aliphatic carbocycles. The number of methoxy groups -OCH3 is 1. The molecule has 0 saturated heterocycles. The molecule has 2 amide bonds. The summed E-state index contributed by atoms with van der Waals surface area (Å²) in [5, 5.41) is 13.5. The highest BCUT2D eigenvalue weighted by molar-refractivity contribution is 6.10. The highest BCUT2D eigenvalue weighted by atomic mass is 19.4. The normalized spacial score (nSPS) is 11.3. The van der Waals surface area contributed by atoms with Gasteiger partial charge >= 0.3 is 12.1 Å². The number of alkyl halides is 3. The second-order valence-corrected chi connectivity index (χ2v) is 5.40. The van der Waals surface area contributed by atoms with Crippen LogP contribution in [0.1, 0.15) is 5.56 Å². The number of carbonyl (C=O) groups is 2. The van der Waals surface area contributed by atoms with Gasteiger partial charge in [-0.25, -0.2) is 0 Å². The maximum Gasteiger partial charge on any atom is 0.471 e. The van der Waals surface area contributed by atoms with Crippen molar-refractivity contribution in [3.05, 3.63) is 59.7 Å². The van der Waals surface area contributed by atoms with Crippen LogP contribution in [0.5, 0.6) is 5.75 Å². The van der Waals surface area contributed by atoms with Gasteiger partial charge < -0.3 is 15.4 Å². The molecule has 0 aromatic heterocycles. The minimum Gasteiger partial charge on any atom is -0.495 e. The van der Waals surface area contributed by atoms with Gasteiger partial charge in [-0.2, -0.15) is 18.4 Å². The summed E-state index contributed by atoms with van der Waals surface area (Å²) in [6.07, 6.45) is -3.84. The lowest BCUT2D eigenvalue weighted by Crippen LogP contribution is -2.29. The summed E-state index contributed by atoms with van der Waals surface area (Å²) in [5.74, 6) is -2.45. The monoisotopic (exact) mass is 389 g/mol. The van der Waals surface area contributed by atoms with Gasteiger partial charge in [0.2, 0.25) is 0 Å². The molecule has 144 valence electrons. The molecular formula is C19H14F3N3O3. The van der Waals surface area contributed by atoms with Crippen molar-refractivity contribution in [3.8, 4) is 11.8 Å². The molecule has 2 rings (SSSR count). The van der Waals surface area contributed by atoms with Crippen LogP contribution in [-0.2, 0) is 9.59 Å². The lowest BCUT2D eigenvalue weighted by molar-refractivity contribution is -0.167. The van der Waals surface area contributed by atoms with Gasteiger partial charge in [0, 0.05) is 5.69 Å². The van der Waals surface area contributed by atoms with Crippen molar-refractivity contribution < 1.29 is 27.5 Å². The molecule has 0 fully saturated rings. The van der Waals surface area contributed by atoms with Crippen molar-refractivity contribution in [2.24, 2.45) is 0 Å². The van der Waals surface area contributed by atoms with Crippen LogP contribution in [0, 0.1) is 11.3 Å². The molecular weight excluding hydrogens is 375 g/mol. The molecule has 0 radical (unpaired) electrons. The van der Waals surface area contributed by atoms with Crippen LogP contribution in [0.2, 0.25) is 0 Å². The fraction of sp³-hybridized carbons (Fsp3) is 0.105. The Kier molecular flexibility index (Phi) is 6.39. The number of ether oxygens (including phenoxy) is 1. The van der Waals surface area contributed by atoms with Crippen LogP contribution in [0.4, 0.5) is 24.5 Å². The Morgan fingerprint density at radius 1 is 1.11 bits per heavy atom. The van der Waals surface area contributed by atoms with Crippen molar-refractivity contribution in [2.75, 3.05) is 17.7 Å². The molecule has 6 nitrogen and oxygen atoms in total. The second-order valence-electron chi connectivity index (χ2n) is 5.40. The summed E-state index contributed by atoms with van der Waals surface area (Å²) in [4.78, 5) is 23.4. The van der Waals surface area contributed by atoms with Gasteiger partial charge in [0.15, 0.2) is 0 Å². The molecule has 2 aromatic carbocycles. The summed E-state index contributed by atoms with van der Waals surface area (Å²) in [5.41, 5.74) is 0.192. The number of amides is 2. The molecule has 0 aliphatic heterocycles. The number of carbonyl (C=O) groups excluding carboxylic acids is 2. The van der Waals surface area contributed by atoms with Gasteiger partial charge in [-0.1, -0.05) is 24.3 Å². The Labute approximate surface area is 158 Å². The first-order valence-corrected chi connectivity index (χ1v) is 7.79. The molecule has 0 atom stereocenters. The number of benzene rings is 2. The zero-order chi connectivity index (χ0) is 20.7. The van der Waals surface area contributed by atoms with Gasteiger partial charge in [-0.3, -0.25) is 9.59 Å². The van der Waals surface area contributed by atoms with Crippen molar-refractivity contribution >= 4 is 29.3 Å². The molecule has 0 spiro atoms. The van der Waals surface area contributed by atoms with Gasteiger partial charge in [0.05, 0.1) is 12.8 Å². The Morgan fingerprint density at radius 3 is 2.46 bits per heavy atom. The lowest BCUT2D eigenvalue weighted by atomic mass is 10.1. The summed E-state index contributed by atoms with van der Waals surface area (Å²) in [6.45, 7) is 0. The molecule has 0 saturated carbocycles. The molecule has 2 aromatic rings. The van der Waals surface area contributed by atoms with Crippen LogP contribution >= 0.6 is 0 Å². The van der Waals surface area contributed by atoms with Crippen molar-refractivity contribution in [3.63, 3.8) is 0 Å². The minimum atomic E-state index is -5.03. The van der Waals surface area contributed by atoms with Gasteiger partial charge in [-0.05, 0) is 35.9 Å². The van der Waals surface area contributed by atoms with E-state index in [0.29, 0.717) is 11.4 Å². The average molecular weight is 389 g/mol. The Morgan fingerprint density at radius 2 is 1.82 bits per heavy atom. The number of anilines is 2. The molecule has 0 bridgehead atoms. The third kappa shape index (κ3) is 5.35. The van der Waals surface area contributed by atoms with E-state index in [1.807, 2.05) is 0 Å². The topological polar surface area (TPSA) is 91.2 Å². The predicted molar refractivity (Wildman–Crippen MR) is 96.3 cm³/mol. The molecule has 9 heteroatoms. The van der Waals surface area contributed by atoms with E-state index in [-0.39, 0.29) is 16.8 Å². The van der Waals surface area contributed by atoms with E-state index in [1.54, 1.807) is 35.7 Å². The van der Waals surface area contributed by atoms with E-state index in [0.717, 1.165) is 0 Å². The van der Waals surface area contributed by atoms with E-state index in [1.165, 1.54) is 37.5 Å². The minimum absolute atomic E-state index is 0.126. The summed E-state index contributed by atoms with van der Waals surface area (Å²) < 4.78 is 42.1. The quantitative estimate of drug-likeness (QED) is 0.602. The largest absolute Gasteiger partial charge is 0.495 e. The maximum atomic E-state index is 12.3. The second kappa shape index (κ2) is 8.73. The molecule has 0 aliphatic rings. The zero-order valence-electron chi connectivity index (χ0n) is 14.5. The average Bonchev–Trinajstić information content (AvgIpc) is 2.66.